The molecule has 0 aromatic rings. The molecule has 2 fully saturated rings. The van der Waals surface area contributed by atoms with Gasteiger partial charge in [-0.15, -0.1) is 0 Å². The zero-order valence-electron chi connectivity index (χ0n) is 11.8. The number of hydrogen-bond acceptors (Lipinski definition) is 2. The highest BCUT2D eigenvalue weighted by Gasteiger charge is 2.45. The molecule has 18 heavy (non-hydrogen) atoms. The molecule has 0 aromatic carbocycles. The largest absolute Gasteiger partial charge is 0.396 e. The van der Waals surface area contributed by atoms with Crippen molar-refractivity contribution in [2.75, 3.05) is 26.2 Å². The number of carbonyl (C=O) groups is 1. The highest BCUT2D eigenvalue weighted by atomic mass is 16.3. The van der Waals surface area contributed by atoms with Crippen molar-refractivity contribution in [3.8, 4) is 0 Å². The Bertz CT molecular complexity index is 313. The fraction of sp³-hybridized carbons (Fsp3) is 0.929. The zero-order valence-corrected chi connectivity index (χ0v) is 11.8. The Morgan fingerprint density at radius 3 is 2.56 bits per heavy atom. The molecule has 4 heteroatoms. The van der Waals surface area contributed by atoms with Crippen LogP contribution in [0.1, 0.15) is 33.6 Å². The molecule has 104 valence electrons. The minimum absolute atomic E-state index is 0.0460. The van der Waals surface area contributed by atoms with Crippen molar-refractivity contribution in [2.45, 2.75) is 33.6 Å². The third-order valence-corrected chi connectivity index (χ3v) is 5.00. The van der Waals surface area contributed by atoms with Crippen LogP contribution in [0.4, 0.5) is 4.79 Å². The Labute approximate surface area is 110 Å². The minimum atomic E-state index is 0.0460. The molecule has 1 saturated heterocycles. The monoisotopic (exact) mass is 254 g/mol. The van der Waals surface area contributed by atoms with Crippen molar-refractivity contribution in [1.82, 2.24) is 10.2 Å². The van der Waals surface area contributed by atoms with Crippen molar-refractivity contribution < 1.29 is 9.90 Å². The molecule has 0 unspecified atom stereocenters. The Morgan fingerprint density at radius 1 is 1.44 bits per heavy atom. The summed E-state index contributed by atoms with van der Waals surface area (Å²) in [5, 5.41) is 12.3. The van der Waals surface area contributed by atoms with Crippen molar-refractivity contribution in [3.05, 3.63) is 0 Å². The molecule has 4 nitrogen and oxygen atoms in total. The summed E-state index contributed by atoms with van der Waals surface area (Å²) in [7, 11) is 0. The fourth-order valence-corrected chi connectivity index (χ4v) is 2.92. The summed E-state index contributed by atoms with van der Waals surface area (Å²) < 4.78 is 0. The number of aliphatic hydroxyl groups excluding tert-OH is 1. The molecule has 1 heterocycles. The van der Waals surface area contributed by atoms with Crippen LogP contribution in [0.25, 0.3) is 0 Å². The maximum atomic E-state index is 12.1. The van der Waals surface area contributed by atoms with Crippen LogP contribution < -0.4 is 5.32 Å². The van der Waals surface area contributed by atoms with E-state index in [1.165, 1.54) is 12.8 Å². The zero-order chi connectivity index (χ0) is 13.3. The molecule has 2 atom stereocenters. The van der Waals surface area contributed by atoms with Crippen LogP contribution in [0.2, 0.25) is 0 Å². The van der Waals surface area contributed by atoms with Crippen LogP contribution in [0.3, 0.4) is 0 Å². The van der Waals surface area contributed by atoms with E-state index in [0.29, 0.717) is 23.8 Å². The number of urea groups is 1. The average molecular weight is 254 g/mol. The van der Waals surface area contributed by atoms with Crippen molar-refractivity contribution >= 4 is 6.03 Å². The SMILES string of the molecule is CC(C)C1(CNC(=O)N2C[C@@H](CO)[C@H](C)C2)CC1. The average Bonchev–Trinajstić information content (AvgIpc) is 3.04. The van der Waals surface area contributed by atoms with Crippen molar-refractivity contribution in [2.24, 2.45) is 23.2 Å². The molecule has 2 N–H and O–H groups in total. The van der Waals surface area contributed by atoms with Gasteiger partial charge >= 0.3 is 6.03 Å². The van der Waals surface area contributed by atoms with Gasteiger partial charge < -0.3 is 15.3 Å². The normalized spacial score (nSPS) is 29.7. The Balaban J connectivity index is 1.79. The first-order valence-electron chi connectivity index (χ1n) is 7.12. The molecule has 1 aliphatic heterocycles. The van der Waals surface area contributed by atoms with E-state index in [1.54, 1.807) is 0 Å². The Kier molecular flexibility index (Phi) is 3.85. The molecule has 2 aliphatic rings. The number of hydrogen-bond donors (Lipinski definition) is 2. The highest BCUT2D eigenvalue weighted by molar-refractivity contribution is 5.74. The minimum Gasteiger partial charge on any atom is -0.396 e. The molecule has 2 rings (SSSR count). The molecule has 0 bridgehead atoms. The van der Waals surface area contributed by atoms with Gasteiger partial charge in [-0.05, 0) is 30.1 Å². The number of nitrogens with zero attached hydrogens (tertiary/aromatic N) is 1. The fourth-order valence-electron chi connectivity index (χ4n) is 2.92. The third kappa shape index (κ3) is 2.63. The second kappa shape index (κ2) is 5.08. The lowest BCUT2D eigenvalue weighted by molar-refractivity contribution is 0.192. The van der Waals surface area contributed by atoms with E-state index in [4.69, 9.17) is 0 Å². The highest BCUT2D eigenvalue weighted by Crippen LogP contribution is 2.51. The van der Waals surface area contributed by atoms with Gasteiger partial charge in [-0.25, -0.2) is 4.79 Å². The topological polar surface area (TPSA) is 52.6 Å². The number of aliphatic hydroxyl groups is 1. The Hall–Kier alpha value is -0.770. The number of nitrogens with one attached hydrogen (secondary N) is 1. The number of amides is 2. The van der Waals surface area contributed by atoms with Crippen LogP contribution in [0.15, 0.2) is 0 Å². The summed E-state index contributed by atoms with van der Waals surface area (Å²) in [5.41, 5.74) is 0.359. The number of likely N-dealkylation sites (tertiary alicyclic amines) is 1. The molecular weight excluding hydrogens is 228 g/mol. The van der Waals surface area contributed by atoms with Crippen LogP contribution in [0.5, 0.6) is 0 Å². The van der Waals surface area contributed by atoms with Crippen LogP contribution in [-0.4, -0.2) is 42.3 Å². The summed E-state index contributed by atoms with van der Waals surface area (Å²) in [6, 6.07) is 0.0460. The lowest BCUT2D eigenvalue weighted by Gasteiger charge is -2.23. The quantitative estimate of drug-likeness (QED) is 0.802. The van der Waals surface area contributed by atoms with E-state index < -0.39 is 0 Å². The summed E-state index contributed by atoms with van der Waals surface area (Å²) in [5.74, 6) is 1.29. The molecule has 1 aliphatic carbocycles. The van der Waals surface area contributed by atoms with Gasteiger partial charge in [-0.1, -0.05) is 20.8 Å². The van der Waals surface area contributed by atoms with E-state index in [1.807, 2.05) is 4.90 Å². The lowest BCUT2D eigenvalue weighted by atomic mass is 9.92. The summed E-state index contributed by atoms with van der Waals surface area (Å²) in [6.45, 7) is 9.02. The van der Waals surface area contributed by atoms with Gasteiger partial charge in [0.1, 0.15) is 0 Å². The molecule has 0 aromatic heterocycles. The second-order valence-electron chi connectivity index (χ2n) is 6.50. The van der Waals surface area contributed by atoms with E-state index in [0.717, 1.165) is 13.1 Å². The predicted molar refractivity (Wildman–Crippen MR) is 71.2 cm³/mol. The molecule has 0 radical (unpaired) electrons. The second-order valence-corrected chi connectivity index (χ2v) is 6.50. The Morgan fingerprint density at radius 2 is 2.11 bits per heavy atom. The van der Waals surface area contributed by atoms with E-state index >= 15 is 0 Å². The third-order valence-electron chi connectivity index (χ3n) is 5.00. The first-order valence-corrected chi connectivity index (χ1v) is 7.12. The van der Waals surface area contributed by atoms with Gasteiger partial charge in [0.2, 0.25) is 0 Å². The number of rotatable bonds is 4. The maximum absolute atomic E-state index is 12.1. The van der Waals surface area contributed by atoms with Crippen LogP contribution >= 0.6 is 0 Å². The smallest absolute Gasteiger partial charge is 0.317 e. The molecule has 1 saturated carbocycles. The van der Waals surface area contributed by atoms with Gasteiger partial charge in [0.25, 0.3) is 0 Å². The summed E-state index contributed by atoms with van der Waals surface area (Å²) in [4.78, 5) is 13.9. The van der Waals surface area contributed by atoms with Crippen LogP contribution in [0, 0.1) is 23.2 Å². The predicted octanol–water partition coefficient (Wildman–Crippen LogP) is 1.69. The first kappa shape index (κ1) is 13.7. The van der Waals surface area contributed by atoms with E-state index in [-0.39, 0.29) is 18.6 Å². The molecule has 2 amide bonds. The molecule has 0 spiro atoms. The summed E-state index contributed by atoms with van der Waals surface area (Å²) in [6.07, 6.45) is 2.47. The van der Waals surface area contributed by atoms with Gasteiger partial charge in [-0.3, -0.25) is 0 Å². The van der Waals surface area contributed by atoms with E-state index in [2.05, 4.69) is 26.1 Å². The van der Waals surface area contributed by atoms with Gasteiger partial charge in [0, 0.05) is 32.2 Å². The van der Waals surface area contributed by atoms with Gasteiger partial charge in [-0.2, -0.15) is 0 Å². The van der Waals surface area contributed by atoms with Crippen molar-refractivity contribution in [3.63, 3.8) is 0 Å². The maximum Gasteiger partial charge on any atom is 0.317 e. The standard InChI is InChI=1S/C14H26N2O2/c1-10(2)14(4-5-14)9-15-13(18)16-6-11(3)12(7-16)8-17/h10-12,17H,4-9H2,1-3H3,(H,15,18)/t11-,12+/m1/s1. The molecular formula is C14H26N2O2. The van der Waals surface area contributed by atoms with Crippen molar-refractivity contribution in [1.29, 1.82) is 0 Å². The van der Waals surface area contributed by atoms with E-state index in [9.17, 15) is 9.90 Å². The van der Waals surface area contributed by atoms with Gasteiger partial charge in [0.15, 0.2) is 0 Å². The summed E-state index contributed by atoms with van der Waals surface area (Å²) >= 11 is 0. The van der Waals surface area contributed by atoms with Crippen LogP contribution in [-0.2, 0) is 0 Å². The first-order chi connectivity index (χ1) is 8.48. The van der Waals surface area contributed by atoms with Gasteiger partial charge in [0.05, 0.1) is 0 Å². The number of carbonyl (C=O) groups excluding carboxylic acids is 1. The lowest BCUT2D eigenvalue weighted by Crippen LogP contribution is -2.42.